The van der Waals surface area contributed by atoms with E-state index in [2.05, 4.69) is 6.58 Å². The van der Waals surface area contributed by atoms with Crippen molar-refractivity contribution in [3.05, 3.63) is 10.7 Å². The van der Waals surface area contributed by atoms with Crippen molar-refractivity contribution in [1.29, 1.82) is 0 Å². The van der Waals surface area contributed by atoms with E-state index in [1.54, 1.807) is 0 Å². The maximum Gasteiger partial charge on any atom is -0.0125 e. The normalized spacial score (nSPS) is 2.60. The molecule has 0 amide bonds. The molecule has 0 saturated heterocycles. The van der Waals surface area contributed by atoms with Gasteiger partial charge in [0.05, 0.1) is 0 Å². The van der Waals surface area contributed by atoms with Crippen LogP contribution in [0.5, 0.6) is 0 Å². The Morgan fingerprint density at radius 2 is 1.60 bits per heavy atom. The molecule has 0 aromatic carbocycles. The van der Waals surface area contributed by atoms with Crippen molar-refractivity contribution in [1.82, 2.24) is 0 Å². The molecule has 4 radical (unpaired) electrons. The maximum absolute atomic E-state index is 3.40. The van der Waals surface area contributed by atoms with Gasteiger partial charge in [0.15, 0.2) is 0 Å². The van der Waals surface area contributed by atoms with Crippen LogP contribution in [0.2, 0.25) is 0 Å². The number of hydrogen-bond donors (Lipinski definition) is 0. The fourth-order valence-corrected chi connectivity index (χ4v) is 0. The third-order valence-electron chi connectivity index (χ3n) is 0. The fourth-order valence-electron chi connectivity index (χ4n) is 0. The molecule has 0 fully saturated rings. The monoisotopic (exact) mass is 256 g/mol. The molecule has 0 aliphatic rings. The van der Waals surface area contributed by atoms with E-state index in [9.17, 15) is 0 Å². The quantitative estimate of drug-likeness (QED) is 0.425. The third kappa shape index (κ3) is 34.2. The molecular formula is C2H10GeSiSn. The zero-order valence-electron chi connectivity index (χ0n) is 2.78. The molecule has 0 bridgehead atoms. The van der Waals surface area contributed by atoms with Crippen molar-refractivity contribution < 1.29 is 0 Å². The molecule has 5 heavy (non-hydrogen) atoms. The van der Waals surface area contributed by atoms with Gasteiger partial charge in [-0.15, -0.1) is 0 Å². The van der Waals surface area contributed by atoms with E-state index in [0.717, 1.165) is 0 Å². The Hall–Kier alpha value is 1.30. The molecule has 0 aromatic heterocycles. The van der Waals surface area contributed by atoms with Crippen LogP contribution >= 0.6 is 0 Å². The summed E-state index contributed by atoms with van der Waals surface area (Å²) in [6.45, 7) is 3.40. The van der Waals surface area contributed by atoms with Crippen LogP contribution in [0.1, 0.15) is 0 Å². The van der Waals surface area contributed by atoms with Gasteiger partial charge in [-0.3, -0.25) is 0 Å². The van der Waals surface area contributed by atoms with Gasteiger partial charge >= 0.3 is 50.8 Å². The van der Waals surface area contributed by atoms with Crippen LogP contribution in [0.25, 0.3) is 0 Å². The summed E-state index contributed by atoms with van der Waals surface area (Å²) in [6.07, 6.45) is 0. The summed E-state index contributed by atoms with van der Waals surface area (Å²) in [5.74, 6) is 0. The van der Waals surface area contributed by atoms with Gasteiger partial charge in [-0.25, -0.2) is 0 Å². The van der Waals surface area contributed by atoms with Crippen LogP contribution in [0, 0.1) is 0 Å². The average molecular weight is 254 g/mol. The molecule has 3 heteroatoms. The van der Waals surface area contributed by atoms with E-state index in [1.165, 1.54) is 22.5 Å². The molecule has 0 saturated carbocycles. The summed E-state index contributed by atoms with van der Waals surface area (Å²) < 4.78 is 1.84. The van der Waals surface area contributed by atoms with Crippen molar-refractivity contribution in [3.63, 3.8) is 0 Å². The Morgan fingerprint density at radius 1 is 1.60 bits per heavy atom. The van der Waals surface area contributed by atoms with Gasteiger partial charge < -0.3 is 0 Å². The summed E-state index contributed by atoms with van der Waals surface area (Å²) in [6, 6.07) is 0. The SMILES string of the molecule is C=[CH][Sn].[GeH4].[SiH3]. The molecule has 0 spiro atoms. The number of hydrogen-bond acceptors (Lipinski definition) is 0. The fraction of sp³-hybridized carbons (Fsp3) is 0. The van der Waals surface area contributed by atoms with E-state index in [0.29, 0.717) is 0 Å². The summed E-state index contributed by atoms with van der Waals surface area (Å²) in [4.78, 5) is 0. The zero-order valence-corrected chi connectivity index (χ0v) is 7.64. The van der Waals surface area contributed by atoms with Crippen molar-refractivity contribution in [2.75, 3.05) is 0 Å². The summed E-state index contributed by atoms with van der Waals surface area (Å²) >= 11 is 1.40. The zero-order chi connectivity index (χ0) is 2.71. The van der Waals surface area contributed by atoms with Crippen LogP contribution in [-0.2, 0) is 0 Å². The molecule has 0 heterocycles. The molecule has 30 valence electrons. The molecule has 0 aromatic rings. The Balaban J connectivity index is -0.0000000200. The van der Waals surface area contributed by atoms with Gasteiger partial charge in [-0.2, -0.15) is 0 Å². The minimum Gasteiger partial charge on any atom is -0.0125 e. The molecule has 0 rings (SSSR count). The molecule has 0 aliphatic carbocycles. The average Bonchev–Trinajstić information content (AvgIpc) is 0.918. The van der Waals surface area contributed by atoms with Crippen molar-refractivity contribution in [2.45, 2.75) is 0 Å². The van der Waals surface area contributed by atoms with Gasteiger partial charge in [-0.05, 0) is 11.0 Å². The second-order valence-electron chi connectivity index (χ2n) is 0.204. The number of rotatable bonds is 0. The van der Waals surface area contributed by atoms with Gasteiger partial charge in [0.2, 0.25) is 0 Å². The van der Waals surface area contributed by atoms with E-state index in [4.69, 9.17) is 0 Å². The van der Waals surface area contributed by atoms with Crippen molar-refractivity contribution in [3.8, 4) is 0 Å². The first-order chi connectivity index (χ1) is 1.41. The minimum atomic E-state index is 0. The molecule has 0 N–H and O–H groups in total. The van der Waals surface area contributed by atoms with Gasteiger partial charge in [-0.1, -0.05) is 0 Å². The van der Waals surface area contributed by atoms with E-state index in [1.807, 2.05) is 4.09 Å². The summed E-state index contributed by atoms with van der Waals surface area (Å²) in [5.41, 5.74) is 0. The Labute approximate surface area is 61.5 Å². The molecular weight excluding hydrogens is 243 g/mol. The molecule has 0 aliphatic heterocycles. The van der Waals surface area contributed by atoms with E-state index < -0.39 is 0 Å². The van der Waals surface area contributed by atoms with Gasteiger partial charge in [0, 0.05) is 0 Å². The standard InChI is InChI=1S/C2H3.GeH4.H3Si.Sn/c1-2;;;/h1H,2H2;1H4;1H3;. The topological polar surface area (TPSA) is 0 Å². The third-order valence-corrected chi connectivity index (χ3v) is 0. The predicted octanol–water partition coefficient (Wildman–Crippen LogP) is -2.34. The molecule has 0 unspecified atom stereocenters. The second-order valence-corrected chi connectivity index (χ2v) is 1.37. The van der Waals surface area contributed by atoms with Crippen LogP contribution in [-0.4, -0.2) is 51.1 Å². The Kier molecular flexibility index (Phi) is 60.2. The first-order valence-electron chi connectivity index (χ1n) is 0.697. The van der Waals surface area contributed by atoms with E-state index in [-0.39, 0.29) is 28.6 Å². The van der Waals surface area contributed by atoms with Crippen LogP contribution < -0.4 is 0 Å². The maximum atomic E-state index is 3.40. The Morgan fingerprint density at radius 3 is 1.60 bits per heavy atom. The first-order valence-corrected chi connectivity index (χ1v) is 2.34. The smallest absolute Gasteiger partial charge is 0.0125 e. The van der Waals surface area contributed by atoms with Gasteiger partial charge in [0.1, 0.15) is 0 Å². The predicted molar refractivity (Wildman–Crippen MR) is 37.2 cm³/mol. The van der Waals surface area contributed by atoms with Gasteiger partial charge in [0.25, 0.3) is 0 Å². The van der Waals surface area contributed by atoms with Crippen molar-refractivity contribution >= 4 is 51.1 Å². The van der Waals surface area contributed by atoms with Crippen molar-refractivity contribution in [2.24, 2.45) is 0 Å². The van der Waals surface area contributed by atoms with Crippen LogP contribution in [0.15, 0.2) is 10.7 Å². The Bertz CT molecular complexity index is 17.1. The second kappa shape index (κ2) is 18.5. The van der Waals surface area contributed by atoms with Crippen LogP contribution in [0.4, 0.5) is 0 Å². The molecule has 0 nitrogen and oxygen atoms in total. The van der Waals surface area contributed by atoms with E-state index >= 15 is 0 Å². The molecule has 0 atom stereocenters. The first kappa shape index (κ1) is 16.3. The largest absolute Gasteiger partial charge is 0.0125 e. The minimum absolute atomic E-state index is 0. The summed E-state index contributed by atoms with van der Waals surface area (Å²) in [5, 5.41) is 0. The van der Waals surface area contributed by atoms with Crippen LogP contribution in [0.3, 0.4) is 0 Å². The summed E-state index contributed by atoms with van der Waals surface area (Å²) in [7, 11) is 0.